The molecule has 0 saturated carbocycles. The minimum Gasteiger partial charge on any atom is -0.395 e. The number of ether oxygens (including phenoxy) is 1. The summed E-state index contributed by atoms with van der Waals surface area (Å²) in [4.78, 5) is 23.2. The number of anilines is 3. The highest BCUT2D eigenvalue weighted by Crippen LogP contribution is 2.27. The zero-order chi connectivity index (χ0) is 24.7. The van der Waals surface area contributed by atoms with Crippen LogP contribution in [0.3, 0.4) is 0 Å². The smallest absolute Gasteiger partial charge is 0.271 e. The van der Waals surface area contributed by atoms with E-state index in [0.717, 1.165) is 0 Å². The highest BCUT2D eigenvalue weighted by molar-refractivity contribution is 7.89. The van der Waals surface area contributed by atoms with E-state index in [1.54, 1.807) is 13.0 Å². The summed E-state index contributed by atoms with van der Waals surface area (Å²) in [5.41, 5.74) is 1.67. The van der Waals surface area contributed by atoms with Gasteiger partial charge in [-0.2, -0.15) is 4.31 Å². The number of hydrogen-bond donors (Lipinski definition) is 4. The van der Waals surface area contributed by atoms with Crippen LogP contribution < -0.4 is 16.0 Å². The third-order valence-corrected chi connectivity index (χ3v) is 7.07. The third-order valence-electron chi connectivity index (χ3n) is 5.17. The topological polar surface area (TPSA) is 163 Å². The molecule has 0 spiro atoms. The molecule has 1 amide bonds. The summed E-state index contributed by atoms with van der Waals surface area (Å²) < 4.78 is 32.4. The number of nitrogens with one attached hydrogen (secondary N) is 3. The summed E-state index contributed by atoms with van der Waals surface area (Å²) >= 11 is 0. The number of nitrogens with zero attached hydrogens (tertiary/aromatic N) is 2. The molecule has 0 bridgehead atoms. The Balaban J connectivity index is 1.72. The van der Waals surface area contributed by atoms with Gasteiger partial charge in [-0.15, -0.1) is 0 Å². The molecule has 13 heteroatoms. The molecule has 1 saturated heterocycles. The number of hydrogen-bond acceptors (Lipinski definition) is 9. The van der Waals surface area contributed by atoms with Crippen molar-refractivity contribution in [3.05, 3.63) is 52.1 Å². The number of non-ortho nitro benzene ring substituents is 1. The standard InChI is InChI=1S/C21H27N5O7S/c1-15-2-4-17(34(31,32)25-7-10-33-11-8-25)13-19(15)24-21(28)14-23-20-12-16(26(29)30)3-5-18(20)22-6-9-27/h2-5,12-13,22-23,27H,6-11,14H2,1H3,(H,24,28). The maximum atomic E-state index is 12.9. The van der Waals surface area contributed by atoms with Crippen LogP contribution in [-0.4, -0.2) is 74.7 Å². The molecular formula is C21H27N5O7S. The van der Waals surface area contributed by atoms with Crippen LogP contribution in [-0.2, 0) is 19.6 Å². The van der Waals surface area contributed by atoms with E-state index in [1.807, 2.05) is 0 Å². The van der Waals surface area contributed by atoms with Crippen molar-refractivity contribution in [1.29, 1.82) is 0 Å². The van der Waals surface area contributed by atoms with Crippen molar-refractivity contribution in [2.45, 2.75) is 11.8 Å². The number of aliphatic hydroxyl groups is 1. The van der Waals surface area contributed by atoms with Crippen molar-refractivity contribution in [3.8, 4) is 0 Å². The molecule has 2 aromatic rings. The fourth-order valence-corrected chi connectivity index (χ4v) is 4.77. The number of carbonyl (C=O) groups excluding carboxylic acids is 1. The minimum atomic E-state index is -3.73. The SMILES string of the molecule is Cc1ccc(S(=O)(=O)N2CCOCC2)cc1NC(=O)CNc1cc([N+](=O)[O-])ccc1NCCO. The maximum Gasteiger partial charge on any atom is 0.271 e. The summed E-state index contributed by atoms with van der Waals surface area (Å²) in [7, 11) is -3.73. The zero-order valence-corrected chi connectivity index (χ0v) is 19.4. The Bertz CT molecular complexity index is 1150. The van der Waals surface area contributed by atoms with Crippen LogP contribution in [0.25, 0.3) is 0 Å². The predicted octanol–water partition coefficient (Wildman–Crippen LogP) is 1.38. The number of carbonyl (C=O) groups is 1. The first-order valence-electron chi connectivity index (χ1n) is 10.6. The molecule has 184 valence electrons. The Morgan fingerprint density at radius 1 is 1.12 bits per heavy atom. The van der Waals surface area contributed by atoms with Crippen LogP contribution in [0.1, 0.15) is 5.56 Å². The van der Waals surface area contributed by atoms with E-state index in [4.69, 9.17) is 9.84 Å². The Hall–Kier alpha value is -3.26. The molecule has 0 radical (unpaired) electrons. The molecule has 0 aromatic heterocycles. The number of aryl methyl sites for hydroxylation is 1. The molecule has 4 N–H and O–H groups in total. The molecule has 2 aromatic carbocycles. The van der Waals surface area contributed by atoms with E-state index < -0.39 is 20.9 Å². The van der Waals surface area contributed by atoms with Crippen LogP contribution in [0.5, 0.6) is 0 Å². The average molecular weight is 494 g/mol. The van der Waals surface area contributed by atoms with Gasteiger partial charge >= 0.3 is 0 Å². The van der Waals surface area contributed by atoms with Crippen LogP contribution in [0.4, 0.5) is 22.7 Å². The number of nitro groups is 1. The van der Waals surface area contributed by atoms with E-state index in [0.29, 0.717) is 35.8 Å². The van der Waals surface area contributed by atoms with Gasteiger partial charge < -0.3 is 25.8 Å². The van der Waals surface area contributed by atoms with Gasteiger partial charge in [-0.3, -0.25) is 14.9 Å². The van der Waals surface area contributed by atoms with Gasteiger partial charge in [0, 0.05) is 37.5 Å². The molecular weight excluding hydrogens is 466 g/mol. The number of aliphatic hydroxyl groups excluding tert-OH is 1. The lowest BCUT2D eigenvalue weighted by molar-refractivity contribution is -0.384. The van der Waals surface area contributed by atoms with E-state index >= 15 is 0 Å². The lowest BCUT2D eigenvalue weighted by Crippen LogP contribution is -2.40. The predicted molar refractivity (Wildman–Crippen MR) is 127 cm³/mol. The summed E-state index contributed by atoms with van der Waals surface area (Å²) in [5.74, 6) is -0.469. The molecule has 3 rings (SSSR count). The Morgan fingerprint density at radius 2 is 1.85 bits per heavy atom. The molecule has 0 aliphatic carbocycles. The largest absolute Gasteiger partial charge is 0.395 e. The van der Waals surface area contributed by atoms with E-state index in [2.05, 4.69) is 16.0 Å². The number of amides is 1. The van der Waals surface area contributed by atoms with Gasteiger partial charge in [-0.05, 0) is 30.7 Å². The number of morpholine rings is 1. The molecule has 12 nitrogen and oxygen atoms in total. The summed E-state index contributed by atoms with van der Waals surface area (Å²) in [6.45, 7) is 2.78. The molecule has 1 aliphatic rings. The fourth-order valence-electron chi connectivity index (χ4n) is 3.34. The van der Waals surface area contributed by atoms with Gasteiger partial charge in [0.2, 0.25) is 15.9 Å². The second kappa shape index (κ2) is 11.2. The maximum absolute atomic E-state index is 12.9. The zero-order valence-electron chi connectivity index (χ0n) is 18.6. The Labute approximate surface area is 197 Å². The highest BCUT2D eigenvalue weighted by atomic mass is 32.2. The van der Waals surface area contributed by atoms with E-state index in [-0.39, 0.29) is 43.4 Å². The van der Waals surface area contributed by atoms with Crippen molar-refractivity contribution in [1.82, 2.24) is 4.31 Å². The molecule has 1 heterocycles. The van der Waals surface area contributed by atoms with Gasteiger partial charge in [-0.25, -0.2) is 8.42 Å². The van der Waals surface area contributed by atoms with Gasteiger partial charge in [0.15, 0.2) is 0 Å². The van der Waals surface area contributed by atoms with Crippen molar-refractivity contribution < 1.29 is 28.0 Å². The number of rotatable bonds is 10. The van der Waals surface area contributed by atoms with Gasteiger partial charge in [0.25, 0.3) is 5.69 Å². The number of sulfonamides is 1. The van der Waals surface area contributed by atoms with Crippen molar-refractivity contribution in [2.24, 2.45) is 0 Å². The summed E-state index contributed by atoms with van der Waals surface area (Å²) in [6, 6.07) is 8.62. The lowest BCUT2D eigenvalue weighted by Gasteiger charge is -2.26. The first kappa shape index (κ1) is 25.4. The molecule has 1 aliphatic heterocycles. The van der Waals surface area contributed by atoms with Gasteiger partial charge in [-0.1, -0.05) is 6.07 Å². The fraction of sp³-hybridized carbons (Fsp3) is 0.381. The second-order valence-electron chi connectivity index (χ2n) is 7.53. The van der Waals surface area contributed by atoms with E-state index in [9.17, 15) is 23.3 Å². The molecule has 0 unspecified atom stereocenters. The third kappa shape index (κ3) is 6.20. The van der Waals surface area contributed by atoms with Crippen molar-refractivity contribution >= 4 is 38.7 Å². The molecule has 0 atom stereocenters. The lowest BCUT2D eigenvalue weighted by atomic mass is 10.2. The highest BCUT2D eigenvalue weighted by Gasteiger charge is 2.27. The summed E-state index contributed by atoms with van der Waals surface area (Å²) in [5, 5.41) is 28.6. The van der Waals surface area contributed by atoms with Crippen molar-refractivity contribution in [2.75, 3.05) is 62.0 Å². The Kier molecular flexibility index (Phi) is 8.39. The second-order valence-corrected chi connectivity index (χ2v) is 9.47. The summed E-state index contributed by atoms with van der Waals surface area (Å²) in [6.07, 6.45) is 0. The minimum absolute atomic E-state index is 0.0671. The van der Waals surface area contributed by atoms with Crippen LogP contribution in [0.2, 0.25) is 0 Å². The van der Waals surface area contributed by atoms with Crippen LogP contribution in [0, 0.1) is 17.0 Å². The van der Waals surface area contributed by atoms with Gasteiger partial charge in [0.1, 0.15) is 0 Å². The van der Waals surface area contributed by atoms with Crippen LogP contribution in [0.15, 0.2) is 41.3 Å². The first-order valence-corrected chi connectivity index (χ1v) is 12.0. The van der Waals surface area contributed by atoms with Crippen molar-refractivity contribution in [3.63, 3.8) is 0 Å². The Morgan fingerprint density at radius 3 is 2.53 bits per heavy atom. The van der Waals surface area contributed by atoms with E-state index in [1.165, 1.54) is 34.6 Å². The number of nitro benzene ring substituents is 1. The average Bonchev–Trinajstić information content (AvgIpc) is 2.83. The molecule has 1 fully saturated rings. The van der Waals surface area contributed by atoms with Crippen LogP contribution >= 0.6 is 0 Å². The molecule has 34 heavy (non-hydrogen) atoms. The first-order chi connectivity index (χ1) is 16.2. The normalized spacial score (nSPS) is 14.4. The van der Waals surface area contributed by atoms with Gasteiger partial charge in [0.05, 0.1) is 47.6 Å². The monoisotopic (exact) mass is 493 g/mol. The number of benzene rings is 2. The quantitative estimate of drug-likeness (QED) is 0.283.